The molecule has 1 aromatic rings. The van der Waals surface area contributed by atoms with Crippen LogP contribution in [0.25, 0.3) is 0 Å². The highest BCUT2D eigenvalue weighted by Crippen LogP contribution is 2.14. The van der Waals surface area contributed by atoms with E-state index in [1.54, 1.807) is 0 Å². The predicted octanol–water partition coefficient (Wildman–Crippen LogP) is 2.53. The molecule has 0 aliphatic rings. The van der Waals surface area contributed by atoms with Gasteiger partial charge in [-0.3, -0.25) is 4.84 Å². The molecule has 1 nitrogen and oxygen atoms in total. The third-order valence-electron chi connectivity index (χ3n) is 1.03. The van der Waals surface area contributed by atoms with Crippen LogP contribution in [0.15, 0.2) is 18.2 Å². The molecule has 1 rings (SSSR count). The van der Waals surface area contributed by atoms with Crippen LogP contribution in [-0.4, -0.2) is 0 Å². The molecule has 0 atom stereocenters. The molecule has 4 heteroatoms. The fourth-order valence-electron chi connectivity index (χ4n) is 0.566. The second-order valence-corrected chi connectivity index (χ2v) is 1.91. The van der Waals surface area contributed by atoms with Gasteiger partial charge in [0.25, 0.3) is 0 Å². The van der Waals surface area contributed by atoms with Crippen LogP contribution in [0.2, 0.25) is 0 Å². The molecule has 1 aromatic carbocycles. The lowest BCUT2D eigenvalue weighted by Gasteiger charge is -1.97. The number of halogens is 3. The van der Waals surface area contributed by atoms with Gasteiger partial charge in [-0.1, -0.05) is 0 Å². The molecule has 0 saturated carbocycles. The van der Waals surface area contributed by atoms with Gasteiger partial charge in [0.2, 0.25) is 0 Å². The SMILES string of the molecule is Fc1ccc(NCl)c(F)c1. The summed E-state index contributed by atoms with van der Waals surface area (Å²) in [4.78, 5) is 2.05. The van der Waals surface area contributed by atoms with Crippen LogP contribution >= 0.6 is 11.8 Å². The summed E-state index contributed by atoms with van der Waals surface area (Å²) in [5, 5.41) is 0. The molecule has 0 amide bonds. The lowest BCUT2D eigenvalue weighted by Crippen LogP contribution is -1.86. The highest BCUT2D eigenvalue weighted by atomic mass is 35.5. The van der Waals surface area contributed by atoms with Crippen molar-refractivity contribution < 1.29 is 8.78 Å². The molecular formula is C6H4ClF2N. The molecule has 0 aromatic heterocycles. The number of nitrogens with one attached hydrogen (secondary N) is 1. The van der Waals surface area contributed by atoms with Crippen molar-refractivity contribution in [1.82, 2.24) is 0 Å². The van der Waals surface area contributed by atoms with Crippen LogP contribution in [-0.2, 0) is 0 Å². The Balaban J connectivity index is 3.07. The summed E-state index contributed by atoms with van der Waals surface area (Å²) in [5.74, 6) is -1.32. The zero-order chi connectivity index (χ0) is 7.56. The summed E-state index contributed by atoms with van der Waals surface area (Å²) in [7, 11) is 0. The molecule has 0 saturated heterocycles. The van der Waals surface area contributed by atoms with Gasteiger partial charge in [-0.15, -0.1) is 0 Å². The summed E-state index contributed by atoms with van der Waals surface area (Å²) < 4.78 is 24.6. The standard InChI is InChI=1S/C6H4ClF2N/c7-10-6-2-1-4(8)3-5(6)9/h1-3,10H. The Labute approximate surface area is 61.7 Å². The van der Waals surface area contributed by atoms with Crippen LogP contribution in [0.3, 0.4) is 0 Å². The molecule has 0 radical (unpaired) electrons. The first kappa shape index (κ1) is 7.28. The summed E-state index contributed by atoms with van der Waals surface area (Å²) in [6.07, 6.45) is 0. The Morgan fingerprint density at radius 2 is 2.00 bits per heavy atom. The molecule has 0 bridgehead atoms. The summed E-state index contributed by atoms with van der Waals surface area (Å²) >= 11 is 5.07. The van der Waals surface area contributed by atoms with Crippen LogP contribution in [0.1, 0.15) is 0 Å². The molecule has 0 heterocycles. The second-order valence-electron chi connectivity index (χ2n) is 1.72. The topological polar surface area (TPSA) is 12.0 Å². The maximum Gasteiger partial charge on any atom is 0.150 e. The van der Waals surface area contributed by atoms with Gasteiger partial charge in [0, 0.05) is 17.8 Å². The minimum absolute atomic E-state index is 0.0723. The lowest BCUT2D eigenvalue weighted by atomic mass is 10.3. The normalized spacial score (nSPS) is 9.50. The van der Waals surface area contributed by atoms with Crippen molar-refractivity contribution in [1.29, 1.82) is 0 Å². The lowest BCUT2D eigenvalue weighted by molar-refractivity contribution is 0.586. The van der Waals surface area contributed by atoms with E-state index in [1.807, 2.05) is 0 Å². The van der Waals surface area contributed by atoms with Gasteiger partial charge < -0.3 is 0 Å². The van der Waals surface area contributed by atoms with Crippen LogP contribution in [0.4, 0.5) is 14.5 Å². The van der Waals surface area contributed by atoms with Crippen molar-refractivity contribution in [3.05, 3.63) is 29.8 Å². The molecule has 0 aliphatic carbocycles. The summed E-state index contributed by atoms with van der Waals surface area (Å²) in [5.41, 5.74) is 0.0723. The van der Waals surface area contributed by atoms with E-state index < -0.39 is 11.6 Å². The summed E-state index contributed by atoms with van der Waals surface area (Å²) in [6.45, 7) is 0. The smallest absolute Gasteiger partial charge is 0.150 e. The van der Waals surface area contributed by atoms with E-state index in [9.17, 15) is 8.78 Å². The maximum atomic E-state index is 12.5. The Morgan fingerprint density at radius 3 is 2.50 bits per heavy atom. The zero-order valence-electron chi connectivity index (χ0n) is 4.87. The van der Waals surface area contributed by atoms with Crippen molar-refractivity contribution in [3.63, 3.8) is 0 Å². The first-order chi connectivity index (χ1) is 4.74. The molecule has 0 aliphatic heterocycles. The van der Waals surface area contributed by atoms with E-state index >= 15 is 0 Å². The van der Waals surface area contributed by atoms with Gasteiger partial charge in [-0.05, 0) is 12.1 Å². The molecule has 10 heavy (non-hydrogen) atoms. The van der Waals surface area contributed by atoms with Crippen LogP contribution in [0.5, 0.6) is 0 Å². The predicted molar refractivity (Wildman–Crippen MR) is 35.8 cm³/mol. The third kappa shape index (κ3) is 1.36. The van der Waals surface area contributed by atoms with E-state index in [2.05, 4.69) is 4.84 Å². The zero-order valence-corrected chi connectivity index (χ0v) is 5.62. The Kier molecular flexibility index (Phi) is 2.06. The second kappa shape index (κ2) is 2.84. The van der Waals surface area contributed by atoms with E-state index in [4.69, 9.17) is 11.8 Å². The van der Waals surface area contributed by atoms with Crippen LogP contribution < -0.4 is 4.84 Å². The van der Waals surface area contributed by atoms with Gasteiger partial charge in [0.05, 0.1) is 5.69 Å². The van der Waals surface area contributed by atoms with E-state index in [0.717, 1.165) is 12.1 Å². The summed E-state index contributed by atoms with van der Waals surface area (Å²) in [6, 6.07) is 3.09. The third-order valence-corrected chi connectivity index (χ3v) is 1.24. The van der Waals surface area contributed by atoms with E-state index in [0.29, 0.717) is 0 Å². The van der Waals surface area contributed by atoms with Crippen molar-refractivity contribution >= 4 is 17.5 Å². The van der Waals surface area contributed by atoms with E-state index in [-0.39, 0.29) is 5.69 Å². The van der Waals surface area contributed by atoms with Gasteiger partial charge in [-0.25, -0.2) is 8.78 Å². The van der Waals surface area contributed by atoms with Crippen molar-refractivity contribution in [2.45, 2.75) is 0 Å². The monoisotopic (exact) mass is 163 g/mol. The van der Waals surface area contributed by atoms with Gasteiger partial charge >= 0.3 is 0 Å². The van der Waals surface area contributed by atoms with Crippen molar-refractivity contribution in [2.75, 3.05) is 4.84 Å². The molecule has 0 fully saturated rings. The van der Waals surface area contributed by atoms with E-state index in [1.165, 1.54) is 6.07 Å². The number of hydrogen-bond donors (Lipinski definition) is 1. The number of benzene rings is 1. The average Bonchev–Trinajstić information content (AvgIpc) is 1.88. The minimum Gasteiger partial charge on any atom is -0.296 e. The molecule has 0 unspecified atom stereocenters. The quantitative estimate of drug-likeness (QED) is 0.628. The Bertz CT molecular complexity index is 239. The largest absolute Gasteiger partial charge is 0.296 e. The van der Waals surface area contributed by atoms with Gasteiger partial charge in [0.1, 0.15) is 11.6 Å². The molecule has 54 valence electrons. The highest BCUT2D eigenvalue weighted by Gasteiger charge is 2.00. The Hall–Kier alpha value is -0.830. The first-order valence-corrected chi connectivity index (χ1v) is 2.93. The molecule has 0 spiro atoms. The van der Waals surface area contributed by atoms with Gasteiger partial charge in [0.15, 0.2) is 0 Å². The molecular weight excluding hydrogens is 160 g/mol. The fourth-order valence-corrected chi connectivity index (χ4v) is 0.719. The van der Waals surface area contributed by atoms with Crippen LogP contribution in [0, 0.1) is 11.6 Å². The number of anilines is 1. The number of rotatable bonds is 1. The fraction of sp³-hybridized carbons (Fsp3) is 0. The first-order valence-electron chi connectivity index (χ1n) is 2.55. The minimum atomic E-state index is -0.699. The molecule has 1 N–H and O–H groups in total. The number of hydrogen-bond acceptors (Lipinski definition) is 1. The van der Waals surface area contributed by atoms with Crippen molar-refractivity contribution in [2.24, 2.45) is 0 Å². The average molecular weight is 164 g/mol. The highest BCUT2D eigenvalue weighted by molar-refractivity contribution is 6.23. The maximum absolute atomic E-state index is 12.5. The van der Waals surface area contributed by atoms with Crippen molar-refractivity contribution in [3.8, 4) is 0 Å². The van der Waals surface area contributed by atoms with Gasteiger partial charge in [-0.2, -0.15) is 0 Å². The Morgan fingerprint density at radius 1 is 1.30 bits per heavy atom.